The van der Waals surface area contributed by atoms with Gasteiger partial charge in [-0.05, 0) is 47.2 Å². The smallest absolute Gasteiger partial charge is 0.154 e. The normalized spacial score (nSPS) is 15.8. The summed E-state index contributed by atoms with van der Waals surface area (Å²) in [6.45, 7) is 0. The molecule has 0 bridgehead atoms. The number of nitrogens with zero attached hydrogens (tertiary/aromatic N) is 2. The summed E-state index contributed by atoms with van der Waals surface area (Å²) < 4.78 is 0.939. The molecule has 0 N–H and O–H groups in total. The molecule has 0 saturated carbocycles. The molecular formula is C8H8BrClN2. The molecule has 64 valence electrons. The van der Waals surface area contributed by atoms with E-state index in [4.69, 9.17) is 11.6 Å². The van der Waals surface area contributed by atoms with Crippen LogP contribution in [0.25, 0.3) is 0 Å². The molecule has 0 radical (unpaired) electrons. The number of hydrogen-bond acceptors (Lipinski definition) is 2. The maximum Gasteiger partial charge on any atom is 0.166 e. The van der Waals surface area contributed by atoms with Crippen molar-refractivity contribution < 1.29 is 0 Å². The quantitative estimate of drug-likeness (QED) is 0.704. The molecule has 4 heteroatoms. The molecule has 0 aromatic carbocycles. The highest BCUT2D eigenvalue weighted by Crippen LogP contribution is 2.30. The third-order valence-electron chi connectivity index (χ3n) is 2.14. The second-order valence-corrected chi connectivity index (χ2v) is 4.09. The van der Waals surface area contributed by atoms with Gasteiger partial charge in [0, 0.05) is 0 Å². The maximum atomic E-state index is 5.83. The molecule has 12 heavy (non-hydrogen) atoms. The van der Waals surface area contributed by atoms with Gasteiger partial charge in [-0.1, -0.05) is 11.6 Å². The minimum Gasteiger partial charge on any atom is -0.154 e. The lowest BCUT2D eigenvalue weighted by Crippen LogP contribution is -2.07. The average Bonchev–Trinajstić information content (AvgIpc) is 2.12. The van der Waals surface area contributed by atoms with Gasteiger partial charge in [-0.25, -0.2) is 0 Å². The summed E-state index contributed by atoms with van der Waals surface area (Å²) in [7, 11) is 0. The number of fused-ring (bicyclic) bond motifs is 1. The second kappa shape index (κ2) is 3.30. The molecule has 2 rings (SSSR count). The number of aromatic nitrogens is 2. The molecule has 1 aliphatic rings. The van der Waals surface area contributed by atoms with Crippen LogP contribution >= 0.6 is 27.5 Å². The summed E-state index contributed by atoms with van der Waals surface area (Å²) in [6.07, 6.45) is 4.56. The van der Waals surface area contributed by atoms with Crippen LogP contribution in [0.2, 0.25) is 5.15 Å². The Kier molecular flexibility index (Phi) is 2.33. The molecule has 0 amide bonds. The van der Waals surface area contributed by atoms with E-state index in [9.17, 15) is 0 Å². The van der Waals surface area contributed by atoms with Gasteiger partial charge >= 0.3 is 0 Å². The average molecular weight is 248 g/mol. The molecule has 0 fully saturated rings. The fourth-order valence-corrected chi connectivity index (χ4v) is 2.17. The van der Waals surface area contributed by atoms with Crippen molar-refractivity contribution in [3.8, 4) is 0 Å². The zero-order valence-corrected chi connectivity index (χ0v) is 8.82. The standard InChI is InChI=1S/C8H8BrClN2/c9-7-5-3-1-2-4-6(5)11-12-8(7)10/h1-4H2. The molecule has 2 nitrogen and oxygen atoms in total. The Bertz CT molecular complexity index is 314. The minimum atomic E-state index is 0.482. The first-order valence-corrected chi connectivity index (χ1v) is 5.15. The molecule has 0 unspecified atom stereocenters. The third kappa shape index (κ3) is 1.36. The Hall–Kier alpha value is -0.150. The van der Waals surface area contributed by atoms with E-state index in [0.717, 1.165) is 23.0 Å². The monoisotopic (exact) mass is 246 g/mol. The van der Waals surface area contributed by atoms with E-state index in [0.29, 0.717) is 5.15 Å². The maximum absolute atomic E-state index is 5.83. The second-order valence-electron chi connectivity index (χ2n) is 2.94. The lowest BCUT2D eigenvalue weighted by molar-refractivity contribution is 0.651. The zero-order chi connectivity index (χ0) is 8.55. The largest absolute Gasteiger partial charge is 0.166 e. The van der Waals surface area contributed by atoms with Gasteiger partial charge in [0.1, 0.15) is 0 Å². The van der Waals surface area contributed by atoms with Crippen LogP contribution in [0.5, 0.6) is 0 Å². The molecule has 1 heterocycles. The van der Waals surface area contributed by atoms with Gasteiger partial charge < -0.3 is 0 Å². The van der Waals surface area contributed by atoms with E-state index in [1.54, 1.807) is 0 Å². The van der Waals surface area contributed by atoms with Crippen LogP contribution in [-0.2, 0) is 12.8 Å². The van der Waals surface area contributed by atoms with Crippen LogP contribution in [0.4, 0.5) is 0 Å². The fraction of sp³-hybridized carbons (Fsp3) is 0.500. The fourth-order valence-electron chi connectivity index (χ4n) is 1.51. The van der Waals surface area contributed by atoms with Gasteiger partial charge in [0.2, 0.25) is 0 Å². The highest BCUT2D eigenvalue weighted by molar-refractivity contribution is 9.10. The Morgan fingerprint density at radius 2 is 1.92 bits per heavy atom. The van der Waals surface area contributed by atoms with Gasteiger partial charge in [0.05, 0.1) is 10.2 Å². The van der Waals surface area contributed by atoms with E-state index in [-0.39, 0.29) is 0 Å². The molecule has 1 aromatic heterocycles. The van der Waals surface area contributed by atoms with Gasteiger partial charge in [-0.15, -0.1) is 5.10 Å². The third-order valence-corrected chi connectivity index (χ3v) is 3.49. The van der Waals surface area contributed by atoms with Gasteiger partial charge in [-0.2, -0.15) is 5.10 Å². The van der Waals surface area contributed by atoms with Crippen molar-refractivity contribution >= 4 is 27.5 Å². The highest BCUT2D eigenvalue weighted by atomic mass is 79.9. The van der Waals surface area contributed by atoms with Crippen molar-refractivity contribution in [2.24, 2.45) is 0 Å². The molecule has 0 spiro atoms. The molecule has 0 saturated heterocycles. The number of halogens is 2. The number of hydrogen-bond donors (Lipinski definition) is 0. The molecule has 0 aliphatic heterocycles. The van der Waals surface area contributed by atoms with Crippen LogP contribution in [-0.4, -0.2) is 10.2 Å². The Morgan fingerprint density at radius 1 is 1.17 bits per heavy atom. The van der Waals surface area contributed by atoms with Crippen molar-refractivity contribution in [2.45, 2.75) is 25.7 Å². The molecule has 0 atom stereocenters. The highest BCUT2D eigenvalue weighted by Gasteiger charge is 2.16. The van der Waals surface area contributed by atoms with Crippen LogP contribution < -0.4 is 0 Å². The van der Waals surface area contributed by atoms with E-state index in [1.807, 2.05) is 0 Å². The summed E-state index contributed by atoms with van der Waals surface area (Å²) in [5.74, 6) is 0. The summed E-state index contributed by atoms with van der Waals surface area (Å²) in [5.41, 5.74) is 2.36. The van der Waals surface area contributed by atoms with E-state index >= 15 is 0 Å². The number of rotatable bonds is 0. The summed E-state index contributed by atoms with van der Waals surface area (Å²) >= 11 is 9.26. The van der Waals surface area contributed by atoms with Crippen LogP contribution in [0, 0.1) is 0 Å². The first kappa shape index (κ1) is 8.45. The van der Waals surface area contributed by atoms with Crippen molar-refractivity contribution in [1.29, 1.82) is 0 Å². The van der Waals surface area contributed by atoms with E-state index in [2.05, 4.69) is 26.1 Å². The lowest BCUT2D eigenvalue weighted by atomic mass is 9.97. The Balaban J connectivity index is 2.54. The summed E-state index contributed by atoms with van der Waals surface area (Å²) in [5, 5.41) is 8.41. The topological polar surface area (TPSA) is 25.8 Å². The predicted octanol–water partition coefficient (Wildman–Crippen LogP) is 2.77. The first-order chi connectivity index (χ1) is 5.79. The van der Waals surface area contributed by atoms with Crippen LogP contribution in [0.1, 0.15) is 24.1 Å². The minimum absolute atomic E-state index is 0.482. The molecular weight excluding hydrogens is 239 g/mol. The zero-order valence-electron chi connectivity index (χ0n) is 6.48. The van der Waals surface area contributed by atoms with Crippen LogP contribution in [0.3, 0.4) is 0 Å². The van der Waals surface area contributed by atoms with Crippen molar-refractivity contribution in [3.63, 3.8) is 0 Å². The van der Waals surface area contributed by atoms with Crippen molar-refractivity contribution in [3.05, 3.63) is 20.9 Å². The summed E-state index contributed by atoms with van der Waals surface area (Å²) in [4.78, 5) is 0. The van der Waals surface area contributed by atoms with Crippen molar-refractivity contribution in [2.75, 3.05) is 0 Å². The van der Waals surface area contributed by atoms with Gasteiger partial charge in [0.25, 0.3) is 0 Å². The number of aryl methyl sites for hydroxylation is 1. The SMILES string of the molecule is Clc1nnc2c(c1Br)CCCC2. The molecule has 1 aromatic rings. The summed E-state index contributed by atoms with van der Waals surface area (Å²) in [6, 6.07) is 0. The van der Waals surface area contributed by atoms with Crippen LogP contribution in [0.15, 0.2) is 4.47 Å². The predicted molar refractivity (Wildman–Crippen MR) is 51.4 cm³/mol. The Labute approximate surface area is 84.5 Å². The van der Waals surface area contributed by atoms with Gasteiger partial charge in [-0.3, -0.25) is 0 Å². The lowest BCUT2D eigenvalue weighted by Gasteiger charge is -2.15. The van der Waals surface area contributed by atoms with Crippen molar-refractivity contribution in [1.82, 2.24) is 10.2 Å². The van der Waals surface area contributed by atoms with Gasteiger partial charge in [0.15, 0.2) is 5.15 Å². The Morgan fingerprint density at radius 3 is 2.75 bits per heavy atom. The van der Waals surface area contributed by atoms with E-state index in [1.165, 1.54) is 18.4 Å². The first-order valence-electron chi connectivity index (χ1n) is 3.98. The molecule has 1 aliphatic carbocycles. The van der Waals surface area contributed by atoms with E-state index < -0.39 is 0 Å².